The number of nitrogens with two attached hydrogens (primary N) is 2. The van der Waals surface area contributed by atoms with Gasteiger partial charge in [-0.05, 0) is 67.8 Å². The van der Waals surface area contributed by atoms with Crippen LogP contribution in [0.4, 0.5) is 10.5 Å². The summed E-state index contributed by atoms with van der Waals surface area (Å²) in [5.41, 5.74) is 10.8. The van der Waals surface area contributed by atoms with Crippen LogP contribution in [-0.2, 0) is 0 Å². The minimum Gasteiger partial charge on any atom is -0.478 e. The monoisotopic (exact) mass is 731 g/mol. The molecule has 0 heterocycles. The Kier molecular flexibility index (Phi) is 11.2. The molecule has 0 unspecified atom stereocenters. The molecule has 0 bridgehead atoms. The van der Waals surface area contributed by atoms with Crippen molar-refractivity contribution in [2.75, 3.05) is 44.2 Å². The highest BCUT2D eigenvalue weighted by Gasteiger charge is 2.31. The Hall–Kier alpha value is -0.500. The molecule has 0 aromatic heterocycles. The Morgan fingerprint density at radius 3 is 1.79 bits per heavy atom. The van der Waals surface area contributed by atoms with Crippen LogP contribution in [-0.4, -0.2) is 67.5 Å². The Morgan fingerprint density at radius 2 is 1.36 bits per heavy atom. The third-order valence-electron chi connectivity index (χ3n) is 3.49. The van der Waals surface area contributed by atoms with Gasteiger partial charge in [0.1, 0.15) is 0 Å². The third-order valence-corrected chi connectivity index (χ3v) is 6.67. The fourth-order valence-electron chi connectivity index (χ4n) is 2.27. The number of anilines is 1. The molecule has 1 aromatic rings. The minimum atomic E-state index is -1.27. The molecule has 0 aliphatic heterocycles. The van der Waals surface area contributed by atoms with E-state index >= 15 is 0 Å². The molecule has 0 spiro atoms. The number of carboxylic acids is 2. The molecule has 0 saturated carbocycles. The molecular weight excluding hydrogens is 711 g/mol. The van der Waals surface area contributed by atoms with Gasteiger partial charge in [0.15, 0.2) is 0 Å². The van der Waals surface area contributed by atoms with Gasteiger partial charge < -0.3 is 32.3 Å². The minimum absolute atomic E-state index is 0.110. The van der Waals surface area contributed by atoms with E-state index in [9.17, 15) is 24.6 Å². The lowest BCUT2D eigenvalue weighted by atomic mass is 10.1. The second-order valence-electron chi connectivity index (χ2n) is 5.36. The average molecular weight is 731 g/mol. The summed E-state index contributed by atoms with van der Waals surface area (Å²) in [6.45, 7) is 1.98. The zero-order valence-electron chi connectivity index (χ0n) is 14.6. The van der Waals surface area contributed by atoms with E-state index in [0.29, 0.717) is 19.6 Å². The molecule has 0 radical (unpaired) electrons. The average Bonchev–Trinajstić information content (AvgIpc) is 2.60. The van der Waals surface area contributed by atoms with Crippen LogP contribution in [0.25, 0.3) is 0 Å². The van der Waals surface area contributed by atoms with Gasteiger partial charge in [-0.3, -0.25) is 4.90 Å². The molecule has 0 fully saturated rings. The number of carboxylic acid groups (broad SMARTS) is 2. The van der Waals surface area contributed by atoms with Crippen LogP contribution in [0.2, 0.25) is 0 Å². The number of urea groups is 1. The third kappa shape index (κ3) is 6.25. The van der Waals surface area contributed by atoms with Gasteiger partial charge in [-0.1, -0.05) is 0 Å². The highest BCUT2D eigenvalue weighted by Crippen LogP contribution is 2.38. The van der Waals surface area contributed by atoms with Crippen molar-refractivity contribution >= 4 is 91.4 Å². The Balaban J connectivity index is 3.58. The number of carbonyl (C=O) groups excluding carboxylic acids is 1. The fraction of sp³-hybridized carbons (Fsp3) is 0.400. The van der Waals surface area contributed by atoms with Crippen LogP contribution < -0.4 is 27.0 Å². The molecule has 0 aliphatic carbocycles. The van der Waals surface area contributed by atoms with Gasteiger partial charge in [-0.25, -0.2) is 14.4 Å². The van der Waals surface area contributed by atoms with E-state index in [4.69, 9.17) is 11.5 Å². The molecule has 0 atom stereocenters. The number of nitrogens with one attached hydrogen (secondary N) is 2. The second-order valence-corrected chi connectivity index (χ2v) is 8.60. The topological polar surface area (TPSA) is 171 Å². The number of carbonyl (C=O) groups is 3. The lowest BCUT2D eigenvalue weighted by molar-refractivity contribution is 0.0694. The van der Waals surface area contributed by atoms with Gasteiger partial charge in [-0.2, -0.15) is 0 Å². The second kappa shape index (κ2) is 12.3. The maximum Gasteiger partial charge on any atom is 0.337 e. The maximum absolute atomic E-state index is 12.7. The molecular formula is C15H20I3N5O5. The maximum atomic E-state index is 12.7. The van der Waals surface area contributed by atoms with Gasteiger partial charge >= 0.3 is 18.0 Å². The number of rotatable bonds is 10. The summed E-state index contributed by atoms with van der Waals surface area (Å²) in [5.74, 6) is -2.53. The smallest absolute Gasteiger partial charge is 0.337 e. The highest BCUT2D eigenvalue weighted by atomic mass is 127. The van der Waals surface area contributed by atoms with Crippen molar-refractivity contribution in [2.24, 2.45) is 11.5 Å². The molecule has 2 amide bonds. The van der Waals surface area contributed by atoms with Crippen LogP contribution in [0, 0.1) is 10.7 Å². The molecule has 1 aromatic carbocycles. The molecule has 1 rings (SSSR count). The Morgan fingerprint density at radius 1 is 0.857 bits per heavy atom. The normalized spacial score (nSPS) is 10.6. The molecule has 0 aliphatic rings. The first-order valence-corrected chi connectivity index (χ1v) is 11.3. The van der Waals surface area contributed by atoms with Crippen molar-refractivity contribution in [3.05, 3.63) is 21.8 Å². The van der Waals surface area contributed by atoms with Crippen molar-refractivity contribution in [2.45, 2.75) is 0 Å². The summed E-state index contributed by atoms with van der Waals surface area (Å²) >= 11 is 5.37. The summed E-state index contributed by atoms with van der Waals surface area (Å²) in [6.07, 6.45) is 0. The number of nitrogens with zero attached hydrogens (tertiary/aromatic N) is 1. The summed E-state index contributed by atoms with van der Waals surface area (Å²) in [7, 11) is 0. The molecule has 156 valence electrons. The summed E-state index contributed by atoms with van der Waals surface area (Å²) < 4.78 is 0.676. The zero-order chi connectivity index (χ0) is 21.4. The Labute approximate surface area is 202 Å². The van der Waals surface area contributed by atoms with Crippen LogP contribution in [0.3, 0.4) is 0 Å². The lowest BCUT2D eigenvalue weighted by Crippen LogP contribution is -2.46. The van der Waals surface area contributed by atoms with E-state index < -0.39 is 18.0 Å². The largest absolute Gasteiger partial charge is 0.478 e. The van der Waals surface area contributed by atoms with Crippen molar-refractivity contribution in [3.8, 4) is 0 Å². The van der Waals surface area contributed by atoms with Crippen molar-refractivity contribution < 1.29 is 24.6 Å². The van der Waals surface area contributed by atoms with Crippen molar-refractivity contribution in [1.82, 2.24) is 10.6 Å². The van der Waals surface area contributed by atoms with Crippen LogP contribution in [0.15, 0.2) is 0 Å². The summed E-state index contributed by atoms with van der Waals surface area (Å²) in [6, 6.07) is -0.496. The number of amides is 2. The lowest BCUT2D eigenvalue weighted by Gasteiger charge is -2.27. The fourth-order valence-corrected chi connectivity index (χ4v) is 6.94. The highest BCUT2D eigenvalue weighted by molar-refractivity contribution is 14.1. The van der Waals surface area contributed by atoms with E-state index in [1.807, 2.05) is 45.2 Å². The van der Waals surface area contributed by atoms with Crippen LogP contribution in [0.1, 0.15) is 20.7 Å². The van der Waals surface area contributed by atoms with E-state index in [0.717, 1.165) is 0 Å². The number of halogens is 3. The van der Waals surface area contributed by atoms with E-state index in [1.54, 1.807) is 22.6 Å². The van der Waals surface area contributed by atoms with Gasteiger partial charge in [0.05, 0.1) is 24.0 Å². The van der Waals surface area contributed by atoms with Gasteiger partial charge in [0.2, 0.25) is 0 Å². The first-order valence-electron chi connectivity index (χ1n) is 8.02. The zero-order valence-corrected chi connectivity index (χ0v) is 21.1. The summed E-state index contributed by atoms with van der Waals surface area (Å²) in [5, 5.41) is 24.9. The number of aromatic carboxylic acids is 2. The van der Waals surface area contributed by atoms with Crippen molar-refractivity contribution in [3.63, 3.8) is 0 Å². The van der Waals surface area contributed by atoms with Gasteiger partial charge in [-0.15, -0.1) is 0 Å². The van der Waals surface area contributed by atoms with Crippen LogP contribution in [0.5, 0.6) is 0 Å². The predicted molar refractivity (Wildman–Crippen MR) is 130 cm³/mol. The SMILES string of the molecule is NCCNCCN(C(=O)NCCN)c1c(I)c(C(=O)O)c(I)c(C(=O)O)c1I. The molecule has 8 N–H and O–H groups in total. The van der Waals surface area contributed by atoms with E-state index in [1.165, 1.54) is 4.90 Å². The number of hydrogen-bond donors (Lipinski definition) is 6. The predicted octanol–water partition coefficient (Wildman–Crippen LogP) is 0.920. The van der Waals surface area contributed by atoms with Gasteiger partial charge in [0.25, 0.3) is 0 Å². The first kappa shape index (κ1) is 25.5. The molecule has 13 heteroatoms. The first-order chi connectivity index (χ1) is 13.2. The van der Waals surface area contributed by atoms with E-state index in [-0.39, 0.29) is 47.2 Å². The quantitative estimate of drug-likeness (QED) is 0.153. The molecule has 0 saturated heterocycles. The standard InChI is InChI=1S/C15H20I3N5O5/c16-9-7(13(24)25)10(17)12(11(18)8(9)14(26)27)23(6-5-21-3-1-19)15(28)22-4-2-20/h21H,1-6,19-20H2,(H,22,28)(H,24,25)(H,26,27). The summed E-state index contributed by atoms with van der Waals surface area (Å²) in [4.78, 5) is 37.6. The number of benzene rings is 1. The van der Waals surface area contributed by atoms with Gasteiger partial charge in [0, 0.05) is 42.8 Å². The number of hydrogen-bond acceptors (Lipinski definition) is 6. The molecule has 28 heavy (non-hydrogen) atoms. The van der Waals surface area contributed by atoms with E-state index in [2.05, 4.69) is 10.6 Å². The Bertz CT molecular complexity index is 721. The van der Waals surface area contributed by atoms with Crippen LogP contribution >= 0.6 is 67.8 Å². The van der Waals surface area contributed by atoms with Crippen molar-refractivity contribution in [1.29, 1.82) is 0 Å². The molecule has 10 nitrogen and oxygen atoms in total.